The molecule has 0 saturated carbocycles. The van der Waals surface area contributed by atoms with Crippen LogP contribution in [0.3, 0.4) is 0 Å². The predicted molar refractivity (Wildman–Crippen MR) is 69.2 cm³/mol. The maximum absolute atomic E-state index is 5.99. The van der Waals surface area contributed by atoms with Crippen molar-refractivity contribution in [3.63, 3.8) is 0 Å². The molecule has 0 atom stereocenters. The zero-order valence-electron chi connectivity index (χ0n) is 10.0. The van der Waals surface area contributed by atoms with Crippen LogP contribution in [0.5, 0.6) is 23.1 Å². The minimum absolute atomic E-state index is 0.219. The Morgan fingerprint density at radius 2 is 2.16 bits per heavy atom. The topological polar surface area (TPSA) is 65.5 Å². The predicted octanol–water partition coefficient (Wildman–Crippen LogP) is 2.69. The molecule has 1 aliphatic rings. The van der Waals surface area contributed by atoms with Gasteiger partial charge in [0.15, 0.2) is 11.5 Å². The summed E-state index contributed by atoms with van der Waals surface area (Å²) >= 11 is 5.99. The first-order valence-corrected chi connectivity index (χ1v) is 5.92. The number of nitrogens with one attached hydrogen (secondary N) is 1. The summed E-state index contributed by atoms with van der Waals surface area (Å²) in [6, 6.07) is 5.25. The lowest BCUT2D eigenvalue weighted by atomic mass is 10.3. The fourth-order valence-electron chi connectivity index (χ4n) is 1.60. The SMILES string of the molecule is CNc1ncc(Cl)c(Oc2ccc3c(c2)OCO3)n1. The summed E-state index contributed by atoms with van der Waals surface area (Å²) in [5.74, 6) is 2.60. The monoisotopic (exact) mass is 279 g/mol. The van der Waals surface area contributed by atoms with E-state index in [2.05, 4.69) is 15.3 Å². The molecule has 6 nitrogen and oxygen atoms in total. The third-order valence-electron chi connectivity index (χ3n) is 2.49. The second kappa shape index (κ2) is 4.81. The molecule has 7 heteroatoms. The molecule has 1 aromatic carbocycles. The van der Waals surface area contributed by atoms with Gasteiger partial charge in [0.05, 0.1) is 6.20 Å². The minimum Gasteiger partial charge on any atom is -0.454 e. The van der Waals surface area contributed by atoms with Crippen LogP contribution in [0, 0.1) is 0 Å². The summed E-state index contributed by atoms with van der Waals surface area (Å²) in [4.78, 5) is 8.11. The molecule has 0 saturated heterocycles. The van der Waals surface area contributed by atoms with E-state index in [0.29, 0.717) is 28.2 Å². The molecular weight excluding hydrogens is 270 g/mol. The van der Waals surface area contributed by atoms with E-state index in [0.717, 1.165) is 0 Å². The smallest absolute Gasteiger partial charge is 0.243 e. The van der Waals surface area contributed by atoms with Crippen LogP contribution >= 0.6 is 11.6 Å². The second-order valence-electron chi connectivity index (χ2n) is 3.71. The van der Waals surface area contributed by atoms with Crippen molar-refractivity contribution < 1.29 is 14.2 Å². The molecule has 98 valence electrons. The molecule has 1 aromatic heterocycles. The lowest BCUT2D eigenvalue weighted by Crippen LogP contribution is -1.98. The third kappa shape index (κ3) is 2.34. The molecular formula is C12H10ClN3O3. The third-order valence-corrected chi connectivity index (χ3v) is 2.75. The van der Waals surface area contributed by atoms with Gasteiger partial charge in [-0.25, -0.2) is 4.98 Å². The fourth-order valence-corrected chi connectivity index (χ4v) is 1.73. The first-order chi connectivity index (χ1) is 9.26. The van der Waals surface area contributed by atoms with Crippen molar-refractivity contribution in [2.24, 2.45) is 0 Å². The minimum atomic E-state index is 0.219. The van der Waals surface area contributed by atoms with Crippen molar-refractivity contribution in [1.82, 2.24) is 9.97 Å². The summed E-state index contributed by atoms with van der Waals surface area (Å²) in [7, 11) is 1.72. The Balaban J connectivity index is 1.88. The Bertz CT molecular complexity index is 621. The van der Waals surface area contributed by atoms with Crippen LogP contribution in [0.2, 0.25) is 5.02 Å². The highest BCUT2D eigenvalue weighted by Gasteiger charge is 2.15. The summed E-state index contributed by atoms with van der Waals surface area (Å²) in [6.45, 7) is 0.219. The second-order valence-corrected chi connectivity index (χ2v) is 4.12. The number of anilines is 1. The Morgan fingerprint density at radius 3 is 3.00 bits per heavy atom. The number of rotatable bonds is 3. The van der Waals surface area contributed by atoms with E-state index in [1.165, 1.54) is 6.20 Å². The lowest BCUT2D eigenvalue weighted by Gasteiger charge is -2.08. The Kier molecular flexibility index (Phi) is 3.00. The lowest BCUT2D eigenvalue weighted by molar-refractivity contribution is 0.174. The molecule has 0 bridgehead atoms. The van der Waals surface area contributed by atoms with Gasteiger partial charge in [-0.2, -0.15) is 4.98 Å². The van der Waals surface area contributed by atoms with E-state index < -0.39 is 0 Å². The number of hydrogen-bond acceptors (Lipinski definition) is 6. The molecule has 0 aliphatic carbocycles. The number of benzene rings is 1. The van der Waals surface area contributed by atoms with Gasteiger partial charge in [0.2, 0.25) is 18.6 Å². The van der Waals surface area contributed by atoms with Crippen LogP contribution in [-0.4, -0.2) is 23.8 Å². The van der Waals surface area contributed by atoms with E-state index in [1.807, 2.05) is 0 Å². The highest BCUT2D eigenvalue weighted by atomic mass is 35.5. The number of fused-ring (bicyclic) bond motifs is 1. The molecule has 3 rings (SSSR count). The largest absolute Gasteiger partial charge is 0.454 e. The summed E-state index contributed by atoms with van der Waals surface area (Å²) in [5.41, 5.74) is 0. The van der Waals surface area contributed by atoms with Crippen LogP contribution in [0.1, 0.15) is 0 Å². The van der Waals surface area contributed by atoms with Crippen LogP contribution < -0.4 is 19.5 Å². The average Bonchev–Trinajstić information content (AvgIpc) is 2.89. The van der Waals surface area contributed by atoms with Crippen molar-refractivity contribution in [2.75, 3.05) is 19.2 Å². The van der Waals surface area contributed by atoms with E-state index >= 15 is 0 Å². The van der Waals surface area contributed by atoms with Crippen molar-refractivity contribution in [2.45, 2.75) is 0 Å². The van der Waals surface area contributed by atoms with E-state index in [1.54, 1.807) is 25.2 Å². The normalized spacial score (nSPS) is 12.3. The van der Waals surface area contributed by atoms with Gasteiger partial charge in [0, 0.05) is 13.1 Å². The Labute approximate surface area is 114 Å². The van der Waals surface area contributed by atoms with E-state index in [9.17, 15) is 0 Å². The van der Waals surface area contributed by atoms with E-state index in [-0.39, 0.29) is 12.7 Å². The Hall–Kier alpha value is -2.21. The molecule has 2 heterocycles. The Morgan fingerprint density at radius 1 is 1.32 bits per heavy atom. The molecule has 0 radical (unpaired) electrons. The van der Waals surface area contributed by atoms with Crippen molar-refractivity contribution in [3.8, 4) is 23.1 Å². The number of halogens is 1. The van der Waals surface area contributed by atoms with E-state index in [4.69, 9.17) is 25.8 Å². The van der Waals surface area contributed by atoms with Crippen LogP contribution in [0.25, 0.3) is 0 Å². The standard InChI is InChI=1S/C12H10ClN3O3/c1-14-12-15-5-8(13)11(16-12)19-7-2-3-9-10(4-7)18-6-17-9/h2-5H,6H2,1H3,(H,14,15,16). The molecule has 1 aliphatic heterocycles. The molecule has 1 N–H and O–H groups in total. The number of nitrogens with zero attached hydrogens (tertiary/aromatic N) is 2. The van der Waals surface area contributed by atoms with Gasteiger partial charge in [0.1, 0.15) is 10.8 Å². The van der Waals surface area contributed by atoms with Gasteiger partial charge >= 0.3 is 0 Å². The van der Waals surface area contributed by atoms with Gasteiger partial charge in [-0.15, -0.1) is 0 Å². The highest BCUT2D eigenvalue weighted by Crippen LogP contribution is 2.37. The average molecular weight is 280 g/mol. The zero-order valence-corrected chi connectivity index (χ0v) is 10.8. The first-order valence-electron chi connectivity index (χ1n) is 5.54. The molecule has 0 fully saturated rings. The number of ether oxygens (including phenoxy) is 3. The molecule has 0 unspecified atom stereocenters. The molecule has 0 spiro atoms. The van der Waals surface area contributed by atoms with Crippen LogP contribution in [0.4, 0.5) is 5.95 Å². The van der Waals surface area contributed by atoms with Crippen molar-refractivity contribution >= 4 is 17.5 Å². The van der Waals surface area contributed by atoms with Crippen LogP contribution in [0.15, 0.2) is 24.4 Å². The first kappa shape index (κ1) is 11.9. The van der Waals surface area contributed by atoms with Gasteiger partial charge < -0.3 is 19.5 Å². The van der Waals surface area contributed by atoms with Crippen LogP contribution in [-0.2, 0) is 0 Å². The van der Waals surface area contributed by atoms with Gasteiger partial charge in [-0.1, -0.05) is 11.6 Å². The zero-order chi connectivity index (χ0) is 13.2. The molecule has 2 aromatic rings. The fraction of sp³-hybridized carbons (Fsp3) is 0.167. The van der Waals surface area contributed by atoms with Gasteiger partial charge in [-0.3, -0.25) is 0 Å². The summed E-state index contributed by atoms with van der Waals surface area (Å²) < 4.78 is 16.1. The molecule has 19 heavy (non-hydrogen) atoms. The number of hydrogen-bond donors (Lipinski definition) is 1. The quantitative estimate of drug-likeness (QED) is 0.932. The van der Waals surface area contributed by atoms with Crippen molar-refractivity contribution in [3.05, 3.63) is 29.4 Å². The van der Waals surface area contributed by atoms with Gasteiger partial charge in [0.25, 0.3) is 0 Å². The number of aromatic nitrogens is 2. The van der Waals surface area contributed by atoms with Crippen molar-refractivity contribution in [1.29, 1.82) is 0 Å². The summed E-state index contributed by atoms with van der Waals surface area (Å²) in [5, 5.41) is 3.15. The van der Waals surface area contributed by atoms with Gasteiger partial charge in [-0.05, 0) is 12.1 Å². The highest BCUT2D eigenvalue weighted by molar-refractivity contribution is 6.31. The molecule has 0 amide bonds. The maximum atomic E-state index is 5.99. The summed E-state index contributed by atoms with van der Waals surface area (Å²) in [6.07, 6.45) is 1.47. The maximum Gasteiger partial charge on any atom is 0.243 e.